The van der Waals surface area contributed by atoms with E-state index in [1.807, 2.05) is 0 Å². The maximum atomic E-state index is 13.1. The van der Waals surface area contributed by atoms with Crippen molar-refractivity contribution in [1.29, 1.82) is 0 Å². The highest BCUT2D eigenvalue weighted by Gasteiger charge is 2.25. The number of carbonyl (C=O) groups excluding carboxylic acids is 1. The van der Waals surface area contributed by atoms with E-state index in [-0.39, 0.29) is 27.6 Å². The fraction of sp³-hybridized carbons (Fsp3) is 0.0714. The van der Waals surface area contributed by atoms with Crippen LogP contribution in [0.2, 0.25) is 5.02 Å². The Labute approximate surface area is 158 Å². The molecule has 0 saturated carbocycles. The second-order valence-corrected chi connectivity index (χ2v) is 6.28. The van der Waals surface area contributed by atoms with Gasteiger partial charge in [-0.3, -0.25) is 9.48 Å². The normalized spacial score (nSPS) is 10.7. The van der Waals surface area contributed by atoms with Crippen LogP contribution in [0.4, 0.5) is 16.0 Å². The van der Waals surface area contributed by atoms with Gasteiger partial charge in [0.2, 0.25) is 0 Å². The van der Waals surface area contributed by atoms with Gasteiger partial charge in [-0.05, 0) is 38.5 Å². The third-order valence-electron chi connectivity index (χ3n) is 3.32. The molecule has 0 fully saturated rings. The summed E-state index contributed by atoms with van der Waals surface area (Å²) in [5.41, 5.74) is 0.479. The largest absolute Gasteiger partial charge is 0.358 e. The number of aromatic amines is 1. The summed E-state index contributed by atoms with van der Waals surface area (Å²) in [7, 11) is 0. The Kier molecular flexibility index (Phi) is 5.00. The molecule has 0 radical (unpaired) electrons. The molecule has 0 spiro atoms. The zero-order chi connectivity index (χ0) is 18.8. The number of halogens is 3. The maximum absolute atomic E-state index is 13.1. The van der Waals surface area contributed by atoms with Gasteiger partial charge in [0.05, 0.1) is 6.54 Å². The molecule has 0 bridgehead atoms. The monoisotopic (exact) mass is 442 g/mol. The molecule has 0 saturated heterocycles. The molecule has 0 unspecified atom stereocenters. The van der Waals surface area contributed by atoms with Crippen LogP contribution in [0, 0.1) is 15.9 Å². The van der Waals surface area contributed by atoms with E-state index in [1.165, 1.54) is 28.9 Å². The van der Waals surface area contributed by atoms with Gasteiger partial charge in [-0.1, -0.05) is 22.8 Å². The number of benzene rings is 1. The number of hydrogen-bond donors (Lipinski definition) is 2. The van der Waals surface area contributed by atoms with Gasteiger partial charge < -0.3 is 15.4 Å². The lowest BCUT2D eigenvalue weighted by Crippen LogP contribution is -2.14. The summed E-state index contributed by atoms with van der Waals surface area (Å²) in [4.78, 5) is 22.2. The summed E-state index contributed by atoms with van der Waals surface area (Å²) in [6.45, 7) is 0.270. The number of rotatable bonds is 5. The Balaban J connectivity index is 1.72. The van der Waals surface area contributed by atoms with E-state index in [0.717, 1.165) is 0 Å². The predicted molar refractivity (Wildman–Crippen MR) is 93.6 cm³/mol. The van der Waals surface area contributed by atoms with Crippen LogP contribution in [0.15, 0.2) is 34.9 Å². The minimum absolute atomic E-state index is 0.0578. The average Bonchev–Trinajstić information content (AvgIpc) is 3.16. The molecule has 1 amide bonds. The average molecular weight is 444 g/mol. The van der Waals surface area contributed by atoms with Crippen molar-refractivity contribution in [3.8, 4) is 0 Å². The summed E-state index contributed by atoms with van der Waals surface area (Å²) >= 11 is 8.93. The molecule has 2 N–H and O–H groups in total. The number of aromatic nitrogens is 4. The molecule has 9 nitrogen and oxygen atoms in total. The molecule has 3 rings (SSSR count). The molecule has 1 aromatic carbocycles. The van der Waals surface area contributed by atoms with E-state index >= 15 is 0 Å². The van der Waals surface area contributed by atoms with Crippen molar-refractivity contribution < 1.29 is 14.1 Å². The first kappa shape index (κ1) is 18.0. The van der Waals surface area contributed by atoms with Gasteiger partial charge in [0.1, 0.15) is 10.3 Å². The minimum atomic E-state index is -0.699. The van der Waals surface area contributed by atoms with Crippen molar-refractivity contribution in [1.82, 2.24) is 20.0 Å². The van der Waals surface area contributed by atoms with Gasteiger partial charge in [0.15, 0.2) is 11.5 Å². The van der Waals surface area contributed by atoms with Crippen LogP contribution >= 0.6 is 27.5 Å². The Morgan fingerprint density at radius 3 is 2.88 bits per heavy atom. The van der Waals surface area contributed by atoms with E-state index < -0.39 is 22.5 Å². The lowest BCUT2D eigenvalue weighted by atomic mass is 10.2. The fourth-order valence-electron chi connectivity index (χ4n) is 2.11. The summed E-state index contributed by atoms with van der Waals surface area (Å²) in [5.74, 6) is -1.32. The van der Waals surface area contributed by atoms with Crippen molar-refractivity contribution in [2.24, 2.45) is 0 Å². The second kappa shape index (κ2) is 7.22. The van der Waals surface area contributed by atoms with Crippen molar-refractivity contribution in [2.45, 2.75) is 6.54 Å². The smallest absolute Gasteiger partial charge is 0.357 e. The van der Waals surface area contributed by atoms with Crippen LogP contribution in [-0.2, 0) is 6.54 Å². The molecular weight excluding hydrogens is 435 g/mol. The first-order valence-corrected chi connectivity index (χ1v) is 8.19. The summed E-state index contributed by atoms with van der Waals surface area (Å²) in [6, 6.07) is 5.56. The minimum Gasteiger partial charge on any atom is -0.358 e. The number of nitro groups is 1. The topological polar surface area (TPSA) is 119 Å². The van der Waals surface area contributed by atoms with Gasteiger partial charge in [-0.15, -0.1) is 5.10 Å². The lowest BCUT2D eigenvalue weighted by Gasteiger charge is -2.04. The fourth-order valence-corrected chi connectivity index (χ4v) is 2.84. The molecule has 3 aromatic rings. The van der Waals surface area contributed by atoms with Crippen molar-refractivity contribution >= 4 is 45.1 Å². The molecule has 2 aromatic heterocycles. The van der Waals surface area contributed by atoms with Crippen molar-refractivity contribution in [2.75, 3.05) is 5.32 Å². The van der Waals surface area contributed by atoms with Gasteiger partial charge in [-0.25, -0.2) is 4.39 Å². The van der Waals surface area contributed by atoms with Gasteiger partial charge >= 0.3 is 5.82 Å². The van der Waals surface area contributed by atoms with Crippen molar-refractivity contribution in [3.05, 3.63) is 67.1 Å². The Bertz CT molecular complexity index is 1000. The van der Waals surface area contributed by atoms with Gasteiger partial charge in [0.25, 0.3) is 5.91 Å². The number of carbonyl (C=O) groups is 1. The molecule has 26 heavy (non-hydrogen) atoms. The van der Waals surface area contributed by atoms with E-state index in [1.54, 1.807) is 6.20 Å². The van der Waals surface area contributed by atoms with Crippen LogP contribution in [0.1, 0.15) is 16.1 Å². The molecule has 12 heteroatoms. The quantitative estimate of drug-likeness (QED) is 0.463. The first-order chi connectivity index (χ1) is 12.3. The van der Waals surface area contributed by atoms with Crippen molar-refractivity contribution in [3.63, 3.8) is 0 Å². The lowest BCUT2D eigenvalue weighted by molar-refractivity contribution is -0.390. The molecule has 0 aliphatic rings. The number of hydrogen-bond acceptors (Lipinski definition) is 5. The molecule has 0 aliphatic carbocycles. The first-order valence-electron chi connectivity index (χ1n) is 7.02. The highest BCUT2D eigenvalue weighted by atomic mass is 79.9. The van der Waals surface area contributed by atoms with E-state index in [2.05, 4.69) is 36.5 Å². The van der Waals surface area contributed by atoms with Crippen LogP contribution in [0.5, 0.6) is 0 Å². The van der Waals surface area contributed by atoms with E-state index in [4.69, 9.17) is 11.6 Å². The van der Waals surface area contributed by atoms with Gasteiger partial charge in [-0.2, -0.15) is 5.10 Å². The zero-order valence-corrected chi connectivity index (χ0v) is 15.1. The molecule has 2 heterocycles. The number of nitrogens with one attached hydrogen (secondary N) is 2. The maximum Gasteiger partial charge on any atom is 0.357 e. The van der Waals surface area contributed by atoms with E-state index in [9.17, 15) is 19.3 Å². The molecule has 134 valence electrons. The SMILES string of the molecule is O=C(Nc1ccn(Cc2ccc(F)cc2Cl)n1)c1n[nH]c([N+](=O)[O-])c1Br. The van der Waals surface area contributed by atoms with Crippen LogP contribution in [-0.4, -0.2) is 30.8 Å². The predicted octanol–water partition coefficient (Wildman–Crippen LogP) is 3.37. The third-order valence-corrected chi connectivity index (χ3v) is 4.42. The van der Waals surface area contributed by atoms with Crippen LogP contribution < -0.4 is 5.32 Å². The van der Waals surface area contributed by atoms with Crippen LogP contribution in [0.3, 0.4) is 0 Å². The van der Waals surface area contributed by atoms with Gasteiger partial charge in [0, 0.05) is 17.3 Å². The highest BCUT2D eigenvalue weighted by molar-refractivity contribution is 9.10. The Morgan fingerprint density at radius 2 is 2.23 bits per heavy atom. The Morgan fingerprint density at radius 1 is 1.46 bits per heavy atom. The highest BCUT2D eigenvalue weighted by Crippen LogP contribution is 2.26. The molecular formula is C14H9BrClFN6O3. The number of anilines is 1. The zero-order valence-electron chi connectivity index (χ0n) is 12.7. The molecule has 0 aliphatic heterocycles. The van der Waals surface area contributed by atoms with Crippen LogP contribution in [0.25, 0.3) is 0 Å². The number of amides is 1. The number of nitrogens with zero attached hydrogens (tertiary/aromatic N) is 4. The number of H-pyrrole nitrogens is 1. The summed E-state index contributed by atoms with van der Waals surface area (Å²) in [6.07, 6.45) is 1.59. The standard InChI is InChI=1S/C14H9BrClFN6O3/c15-11-12(19-20-13(11)23(25)26)14(24)18-10-3-4-22(21-10)6-7-1-2-8(17)5-9(7)16/h1-5H,6H2,(H,19,20)(H,18,21,24). The Hall–Kier alpha value is -2.79. The second-order valence-electron chi connectivity index (χ2n) is 5.08. The van der Waals surface area contributed by atoms with E-state index in [0.29, 0.717) is 5.56 Å². The summed E-state index contributed by atoms with van der Waals surface area (Å²) in [5, 5.41) is 23.4. The molecule has 0 atom stereocenters. The summed E-state index contributed by atoms with van der Waals surface area (Å²) < 4.78 is 14.5. The third kappa shape index (κ3) is 3.73.